The van der Waals surface area contributed by atoms with Crippen molar-refractivity contribution in [1.29, 1.82) is 0 Å². The predicted molar refractivity (Wildman–Crippen MR) is 97.9 cm³/mol. The van der Waals surface area contributed by atoms with E-state index in [4.69, 9.17) is 11.6 Å². The summed E-state index contributed by atoms with van der Waals surface area (Å²) in [5, 5.41) is 2.24. The van der Waals surface area contributed by atoms with Crippen LogP contribution in [0.5, 0.6) is 0 Å². The van der Waals surface area contributed by atoms with Crippen molar-refractivity contribution < 1.29 is 0 Å². The Hall–Kier alpha value is -1.30. The highest BCUT2D eigenvalue weighted by molar-refractivity contribution is 7.98. The van der Waals surface area contributed by atoms with E-state index in [2.05, 4.69) is 9.97 Å². The summed E-state index contributed by atoms with van der Waals surface area (Å²) in [6.45, 7) is 0. The fourth-order valence-electron chi connectivity index (χ4n) is 2.94. The SMILES string of the molecule is O=c1[nH]c(SCc2ccc(Cl)cc2)nc2sc3c(c12)CCCC3. The molecule has 118 valence electrons. The first-order chi connectivity index (χ1) is 11.2. The lowest BCUT2D eigenvalue weighted by atomic mass is 9.97. The molecule has 0 radical (unpaired) electrons. The number of aromatic amines is 1. The van der Waals surface area contributed by atoms with Crippen molar-refractivity contribution in [1.82, 2.24) is 9.97 Å². The fraction of sp³-hybridized carbons (Fsp3) is 0.294. The summed E-state index contributed by atoms with van der Waals surface area (Å²) in [5.74, 6) is 0.761. The smallest absolute Gasteiger partial charge is 0.260 e. The van der Waals surface area contributed by atoms with E-state index in [1.807, 2.05) is 24.3 Å². The summed E-state index contributed by atoms with van der Waals surface area (Å²) < 4.78 is 0. The number of thiophene rings is 1. The van der Waals surface area contributed by atoms with E-state index >= 15 is 0 Å². The second kappa shape index (κ2) is 6.30. The van der Waals surface area contributed by atoms with Gasteiger partial charge in [-0.2, -0.15) is 0 Å². The van der Waals surface area contributed by atoms with Crippen LogP contribution in [0.4, 0.5) is 0 Å². The molecular weight excluding hydrogens is 348 g/mol. The first-order valence-electron chi connectivity index (χ1n) is 7.62. The van der Waals surface area contributed by atoms with E-state index in [0.29, 0.717) is 5.16 Å². The Balaban J connectivity index is 1.63. The Kier molecular flexibility index (Phi) is 4.18. The maximum absolute atomic E-state index is 12.5. The highest BCUT2D eigenvalue weighted by Crippen LogP contribution is 2.34. The minimum atomic E-state index is 0.00741. The van der Waals surface area contributed by atoms with Crippen LogP contribution >= 0.6 is 34.7 Å². The molecule has 0 amide bonds. The van der Waals surface area contributed by atoms with Gasteiger partial charge in [-0.15, -0.1) is 11.3 Å². The molecule has 23 heavy (non-hydrogen) atoms. The number of halogens is 1. The second-order valence-electron chi connectivity index (χ2n) is 5.68. The van der Waals surface area contributed by atoms with Gasteiger partial charge in [0, 0.05) is 15.7 Å². The van der Waals surface area contributed by atoms with Crippen LogP contribution in [0.3, 0.4) is 0 Å². The van der Waals surface area contributed by atoms with Crippen molar-refractivity contribution in [3.63, 3.8) is 0 Å². The van der Waals surface area contributed by atoms with Gasteiger partial charge in [0.15, 0.2) is 5.16 Å². The number of H-pyrrole nitrogens is 1. The van der Waals surface area contributed by atoms with Gasteiger partial charge >= 0.3 is 0 Å². The van der Waals surface area contributed by atoms with Gasteiger partial charge in [0.1, 0.15) is 4.83 Å². The summed E-state index contributed by atoms with van der Waals surface area (Å²) >= 11 is 9.14. The summed E-state index contributed by atoms with van der Waals surface area (Å²) in [6.07, 6.45) is 4.49. The van der Waals surface area contributed by atoms with Gasteiger partial charge in [-0.1, -0.05) is 35.5 Å². The first kappa shape index (κ1) is 15.2. The molecule has 2 heterocycles. The number of nitrogens with zero attached hydrogens (tertiary/aromatic N) is 1. The Morgan fingerprint density at radius 2 is 2.00 bits per heavy atom. The van der Waals surface area contributed by atoms with Gasteiger partial charge in [0.05, 0.1) is 5.39 Å². The molecular formula is C17H15ClN2OS2. The normalized spacial score (nSPS) is 14.1. The number of thioether (sulfide) groups is 1. The third kappa shape index (κ3) is 3.05. The monoisotopic (exact) mass is 362 g/mol. The average Bonchev–Trinajstić information content (AvgIpc) is 2.93. The van der Waals surface area contributed by atoms with Crippen LogP contribution in [0.2, 0.25) is 5.02 Å². The maximum Gasteiger partial charge on any atom is 0.260 e. The highest BCUT2D eigenvalue weighted by Gasteiger charge is 2.19. The van der Waals surface area contributed by atoms with Crippen molar-refractivity contribution in [3.05, 3.63) is 55.6 Å². The third-order valence-electron chi connectivity index (χ3n) is 4.09. The number of aryl methyl sites for hydroxylation is 2. The van der Waals surface area contributed by atoms with E-state index < -0.39 is 0 Å². The Bertz CT molecular complexity index is 915. The molecule has 0 bridgehead atoms. The zero-order chi connectivity index (χ0) is 15.8. The van der Waals surface area contributed by atoms with Gasteiger partial charge in [-0.25, -0.2) is 4.98 Å². The van der Waals surface area contributed by atoms with Gasteiger partial charge in [0.2, 0.25) is 0 Å². The molecule has 4 rings (SSSR count). The minimum Gasteiger partial charge on any atom is -0.301 e. The molecule has 3 aromatic rings. The standard InChI is InChI=1S/C17H15ClN2OS2/c18-11-7-5-10(6-8-11)9-22-17-19-15(21)14-12-3-1-2-4-13(12)23-16(14)20-17/h5-8H,1-4,9H2,(H,19,20,21). The number of benzene rings is 1. The number of rotatable bonds is 3. The molecule has 1 aliphatic rings. The molecule has 0 saturated carbocycles. The van der Waals surface area contributed by atoms with E-state index in [0.717, 1.165) is 39.4 Å². The Morgan fingerprint density at radius 3 is 2.83 bits per heavy atom. The number of hydrogen-bond donors (Lipinski definition) is 1. The molecule has 1 N–H and O–H groups in total. The van der Waals surface area contributed by atoms with Crippen LogP contribution in [0.15, 0.2) is 34.2 Å². The molecule has 0 atom stereocenters. The van der Waals surface area contributed by atoms with Crippen LogP contribution in [0.25, 0.3) is 10.2 Å². The lowest BCUT2D eigenvalue weighted by Crippen LogP contribution is -2.10. The molecule has 0 spiro atoms. The summed E-state index contributed by atoms with van der Waals surface area (Å²) in [7, 11) is 0. The van der Waals surface area contributed by atoms with Crippen LogP contribution in [-0.2, 0) is 18.6 Å². The van der Waals surface area contributed by atoms with Gasteiger partial charge in [-0.05, 0) is 48.9 Å². The van der Waals surface area contributed by atoms with Crippen molar-refractivity contribution >= 4 is 44.9 Å². The zero-order valence-electron chi connectivity index (χ0n) is 12.4. The summed E-state index contributed by atoms with van der Waals surface area (Å²) in [5.41, 5.74) is 2.40. The predicted octanol–water partition coefficient (Wildman–Crippen LogP) is 4.81. The number of fused-ring (bicyclic) bond motifs is 3. The molecule has 2 aromatic heterocycles. The van der Waals surface area contributed by atoms with Crippen molar-refractivity contribution in [2.24, 2.45) is 0 Å². The van der Waals surface area contributed by atoms with Gasteiger partial charge in [-0.3, -0.25) is 4.79 Å². The zero-order valence-corrected chi connectivity index (χ0v) is 14.8. The highest BCUT2D eigenvalue weighted by atomic mass is 35.5. The van der Waals surface area contributed by atoms with Crippen molar-refractivity contribution in [2.75, 3.05) is 0 Å². The first-order valence-corrected chi connectivity index (χ1v) is 9.80. The minimum absolute atomic E-state index is 0.00741. The lowest BCUT2D eigenvalue weighted by Gasteiger charge is -2.09. The third-order valence-corrected chi connectivity index (χ3v) is 6.47. The van der Waals surface area contributed by atoms with Crippen molar-refractivity contribution in [2.45, 2.75) is 36.6 Å². The van der Waals surface area contributed by atoms with E-state index in [-0.39, 0.29) is 5.56 Å². The lowest BCUT2D eigenvalue weighted by molar-refractivity contribution is 0.700. The molecule has 0 unspecified atom stereocenters. The second-order valence-corrected chi connectivity index (χ2v) is 8.16. The van der Waals surface area contributed by atoms with Crippen LogP contribution in [-0.4, -0.2) is 9.97 Å². The largest absolute Gasteiger partial charge is 0.301 e. The van der Waals surface area contributed by atoms with E-state index in [1.165, 1.54) is 23.3 Å². The maximum atomic E-state index is 12.5. The number of nitrogens with one attached hydrogen (secondary N) is 1. The summed E-state index contributed by atoms with van der Waals surface area (Å²) in [6, 6.07) is 7.75. The van der Waals surface area contributed by atoms with E-state index in [9.17, 15) is 4.79 Å². The van der Waals surface area contributed by atoms with Crippen LogP contribution in [0.1, 0.15) is 28.8 Å². The Labute approximate surface area is 147 Å². The van der Waals surface area contributed by atoms with Crippen LogP contribution < -0.4 is 5.56 Å². The molecule has 6 heteroatoms. The fourth-order valence-corrected chi connectivity index (χ4v) is 5.21. The molecule has 0 saturated heterocycles. The molecule has 0 aliphatic heterocycles. The van der Waals surface area contributed by atoms with Crippen LogP contribution in [0, 0.1) is 0 Å². The molecule has 0 fully saturated rings. The van der Waals surface area contributed by atoms with E-state index in [1.54, 1.807) is 23.1 Å². The average molecular weight is 363 g/mol. The molecule has 1 aromatic carbocycles. The quantitative estimate of drug-likeness (QED) is 0.537. The molecule has 1 aliphatic carbocycles. The Morgan fingerprint density at radius 1 is 1.22 bits per heavy atom. The topological polar surface area (TPSA) is 45.8 Å². The van der Waals surface area contributed by atoms with Gasteiger partial charge < -0.3 is 4.98 Å². The number of hydrogen-bond acceptors (Lipinski definition) is 4. The molecule has 3 nitrogen and oxygen atoms in total. The number of aromatic nitrogens is 2. The van der Waals surface area contributed by atoms with Crippen molar-refractivity contribution in [3.8, 4) is 0 Å². The summed E-state index contributed by atoms with van der Waals surface area (Å²) in [4.78, 5) is 22.3. The van der Waals surface area contributed by atoms with Gasteiger partial charge in [0.25, 0.3) is 5.56 Å².